The fraction of sp³-hybridized carbons (Fsp3) is 0.400. The molecule has 0 aliphatic carbocycles. The zero-order valence-corrected chi connectivity index (χ0v) is 10.8. The molecule has 0 aliphatic rings. The first-order valence-electron chi connectivity index (χ1n) is 3.99. The number of methoxy groups -OCH3 is 2. The molecule has 0 amide bonds. The fourth-order valence-corrected chi connectivity index (χ4v) is 4.38. The second-order valence-electron chi connectivity index (χ2n) is 2.81. The summed E-state index contributed by atoms with van der Waals surface area (Å²) >= 11 is -1.18. The Morgan fingerprint density at radius 1 is 1.00 bits per heavy atom. The second-order valence-corrected chi connectivity index (χ2v) is 8.63. The van der Waals surface area contributed by atoms with E-state index in [1.54, 1.807) is 14.2 Å². The molecule has 0 unspecified atom stereocenters. The van der Waals surface area contributed by atoms with Gasteiger partial charge in [-0.05, 0) is 0 Å². The molecule has 0 fully saturated rings. The van der Waals surface area contributed by atoms with E-state index in [0.29, 0.717) is 0 Å². The molecule has 72 valence electrons. The summed E-state index contributed by atoms with van der Waals surface area (Å²) in [6, 6.07) is 5.96. The Hall–Kier alpha value is -0.390. The Kier molecular flexibility index (Phi) is 3.89. The molecule has 0 saturated heterocycles. The van der Waals surface area contributed by atoms with Gasteiger partial charge in [0.1, 0.15) is 0 Å². The third-order valence-corrected chi connectivity index (χ3v) is 5.27. The van der Waals surface area contributed by atoms with Gasteiger partial charge in [-0.1, -0.05) is 0 Å². The van der Waals surface area contributed by atoms with Crippen LogP contribution < -0.4 is 13.1 Å². The van der Waals surface area contributed by atoms with Gasteiger partial charge in [0.2, 0.25) is 0 Å². The average molecular weight is 295 g/mol. The van der Waals surface area contributed by atoms with Gasteiger partial charge in [0, 0.05) is 0 Å². The predicted molar refractivity (Wildman–Crippen MR) is 56.7 cm³/mol. The third-order valence-electron chi connectivity index (χ3n) is 1.79. The van der Waals surface area contributed by atoms with Crippen molar-refractivity contribution in [3.05, 3.63) is 18.2 Å². The summed E-state index contributed by atoms with van der Waals surface area (Å²) in [5.74, 6) is 1.95. The van der Waals surface area contributed by atoms with E-state index >= 15 is 0 Å². The monoisotopic (exact) mass is 297 g/mol. The molecule has 0 heterocycles. The quantitative estimate of drug-likeness (QED) is 0.790. The van der Waals surface area contributed by atoms with Crippen molar-refractivity contribution >= 4 is 23.2 Å². The van der Waals surface area contributed by atoms with Crippen LogP contribution in [0.1, 0.15) is 0 Å². The first-order chi connectivity index (χ1) is 6.20. The number of ether oxygens (including phenoxy) is 2. The van der Waals surface area contributed by atoms with Crippen LogP contribution in [0.4, 0.5) is 0 Å². The van der Waals surface area contributed by atoms with E-state index in [0.717, 1.165) is 11.5 Å². The molecule has 0 radical (unpaired) electrons. The first kappa shape index (κ1) is 10.7. The van der Waals surface area contributed by atoms with Gasteiger partial charge in [0.05, 0.1) is 0 Å². The van der Waals surface area contributed by atoms with Crippen LogP contribution in [0.25, 0.3) is 0 Å². The van der Waals surface area contributed by atoms with E-state index in [2.05, 4.69) is 9.94 Å². The van der Waals surface area contributed by atoms with Gasteiger partial charge in [-0.2, -0.15) is 0 Å². The van der Waals surface area contributed by atoms with Crippen LogP contribution in [-0.2, 0) is 0 Å². The molecule has 13 heavy (non-hydrogen) atoms. The van der Waals surface area contributed by atoms with Crippen LogP contribution in [-0.4, -0.2) is 33.8 Å². The van der Waals surface area contributed by atoms with E-state index in [1.165, 1.54) is 3.61 Å². The molecule has 0 spiro atoms. The van der Waals surface area contributed by atoms with Crippen LogP contribution in [0, 0.1) is 0 Å². The third kappa shape index (κ3) is 2.30. The zero-order chi connectivity index (χ0) is 9.84. The molecule has 0 N–H and O–H groups in total. The normalized spacial score (nSPS) is 10.2. The van der Waals surface area contributed by atoms with Gasteiger partial charge in [0.25, 0.3) is 0 Å². The van der Waals surface area contributed by atoms with Gasteiger partial charge in [-0.15, -0.1) is 0 Å². The minimum absolute atomic E-state index is 0.973. The van der Waals surface area contributed by atoms with Gasteiger partial charge in [0.15, 0.2) is 0 Å². The number of rotatable bonds is 3. The summed E-state index contributed by atoms with van der Waals surface area (Å²) in [5.41, 5.74) is 0. The van der Waals surface area contributed by atoms with E-state index in [-0.39, 0.29) is 0 Å². The molecule has 0 atom stereocenters. The molecule has 3 heteroatoms. The molecule has 1 aromatic carbocycles. The van der Waals surface area contributed by atoms with Crippen molar-refractivity contribution in [1.82, 2.24) is 0 Å². The molecular weight excluding hydrogens is 280 g/mol. The summed E-state index contributed by atoms with van der Waals surface area (Å²) in [4.78, 5) is 4.59. The van der Waals surface area contributed by atoms with Crippen LogP contribution in [0.5, 0.6) is 11.5 Å². The van der Waals surface area contributed by atoms with Crippen LogP contribution >= 0.6 is 0 Å². The topological polar surface area (TPSA) is 18.5 Å². The number of benzene rings is 1. The molecule has 2 nitrogen and oxygen atoms in total. The number of hydrogen-bond acceptors (Lipinski definition) is 2. The van der Waals surface area contributed by atoms with E-state index in [9.17, 15) is 0 Å². The summed E-state index contributed by atoms with van der Waals surface area (Å²) in [7, 11) is 3.42. The average Bonchev–Trinajstić information content (AvgIpc) is 2.16. The molecule has 1 aromatic rings. The van der Waals surface area contributed by atoms with Gasteiger partial charge in [-0.25, -0.2) is 0 Å². The van der Waals surface area contributed by atoms with E-state index in [1.807, 2.05) is 18.2 Å². The predicted octanol–water partition coefficient (Wildman–Crippen LogP) is 1.67. The Balaban J connectivity index is 3.21. The molecule has 0 saturated carbocycles. The minimum atomic E-state index is -1.18. The summed E-state index contributed by atoms with van der Waals surface area (Å²) in [6.45, 7) is 0. The molecule has 1 rings (SSSR count). The molecular formula is C10H15O2Te+. The second kappa shape index (κ2) is 4.74. The number of hydrogen-bond donors (Lipinski definition) is 0. The van der Waals surface area contributed by atoms with Crippen molar-refractivity contribution in [1.29, 1.82) is 0 Å². The van der Waals surface area contributed by atoms with Crippen molar-refractivity contribution in [3.63, 3.8) is 0 Å². The van der Waals surface area contributed by atoms with Crippen molar-refractivity contribution in [2.24, 2.45) is 0 Å². The van der Waals surface area contributed by atoms with Gasteiger partial charge >= 0.3 is 86.5 Å². The van der Waals surface area contributed by atoms with Crippen LogP contribution in [0.2, 0.25) is 9.94 Å². The van der Waals surface area contributed by atoms with Gasteiger partial charge in [-0.3, -0.25) is 0 Å². The standard InChI is InChI=1S/C10H15O2Te/c1-11-8-6-5-7-9(12-2)10(8)13(3)4/h5-7H,1-4H3/q+1. The van der Waals surface area contributed by atoms with E-state index in [4.69, 9.17) is 9.47 Å². The van der Waals surface area contributed by atoms with E-state index < -0.39 is 19.6 Å². The Morgan fingerprint density at radius 3 is 1.77 bits per heavy atom. The first-order valence-corrected chi connectivity index (χ1v) is 9.82. The Bertz CT molecular complexity index is 262. The molecule has 0 aliphatic heterocycles. The van der Waals surface area contributed by atoms with Crippen molar-refractivity contribution < 1.29 is 9.47 Å². The fourth-order valence-electron chi connectivity index (χ4n) is 1.22. The van der Waals surface area contributed by atoms with Gasteiger partial charge < -0.3 is 0 Å². The molecule has 0 bridgehead atoms. The van der Waals surface area contributed by atoms with Crippen LogP contribution in [0.3, 0.4) is 0 Å². The van der Waals surface area contributed by atoms with Crippen molar-refractivity contribution in [2.75, 3.05) is 14.2 Å². The zero-order valence-electron chi connectivity index (χ0n) is 8.46. The van der Waals surface area contributed by atoms with Crippen molar-refractivity contribution in [3.8, 4) is 11.5 Å². The van der Waals surface area contributed by atoms with Crippen LogP contribution in [0.15, 0.2) is 18.2 Å². The Labute approximate surface area is 86.5 Å². The summed E-state index contributed by atoms with van der Waals surface area (Å²) in [6.07, 6.45) is 0. The maximum atomic E-state index is 5.31. The maximum absolute atomic E-state index is 5.31. The molecule has 0 aromatic heterocycles. The SMILES string of the molecule is COc1cccc(OC)c1[Te+](C)C. The van der Waals surface area contributed by atoms with Crippen molar-refractivity contribution in [2.45, 2.75) is 9.94 Å². The Morgan fingerprint density at radius 2 is 1.46 bits per heavy atom. The summed E-state index contributed by atoms with van der Waals surface area (Å²) in [5, 5.41) is 0. The summed E-state index contributed by atoms with van der Waals surface area (Å²) < 4.78 is 11.9.